The first-order valence-electron chi connectivity index (χ1n) is 13.1. The maximum atomic E-state index is 13.3. The van der Waals surface area contributed by atoms with Crippen molar-refractivity contribution in [1.82, 2.24) is 14.7 Å². The maximum Gasteiger partial charge on any atom is 0.260 e. The van der Waals surface area contributed by atoms with Crippen LogP contribution in [-0.4, -0.2) is 71.9 Å². The molecular weight excluding hydrogens is 482 g/mol. The molecule has 2 amide bonds. The second-order valence-corrected chi connectivity index (χ2v) is 11.0. The number of rotatable bonds is 7. The van der Waals surface area contributed by atoms with Gasteiger partial charge in [0.15, 0.2) is 6.61 Å². The van der Waals surface area contributed by atoms with Crippen molar-refractivity contribution in [3.05, 3.63) is 87.6 Å². The molecule has 2 aliphatic heterocycles. The third kappa shape index (κ3) is 5.73. The van der Waals surface area contributed by atoms with E-state index in [4.69, 9.17) is 4.74 Å². The van der Waals surface area contributed by atoms with Crippen LogP contribution < -0.4 is 4.74 Å². The van der Waals surface area contributed by atoms with Gasteiger partial charge in [-0.3, -0.25) is 14.5 Å². The Morgan fingerprint density at radius 3 is 2.51 bits per heavy atom. The molecule has 1 fully saturated rings. The van der Waals surface area contributed by atoms with E-state index >= 15 is 0 Å². The van der Waals surface area contributed by atoms with Gasteiger partial charge in [0.05, 0.1) is 6.04 Å². The summed E-state index contributed by atoms with van der Waals surface area (Å²) in [5.74, 6) is 0.817. The number of carbonyl (C=O) groups excluding carboxylic acids is 2. The van der Waals surface area contributed by atoms with Crippen LogP contribution in [0.1, 0.15) is 41.0 Å². The molecule has 0 unspecified atom stereocenters. The van der Waals surface area contributed by atoms with Gasteiger partial charge in [-0.05, 0) is 60.5 Å². The summed E-state index contributed by atoms with van der Waals surface area (Å²) in [4.78, 5) is 33.7. The molecule has 1 saturated heterocycles. The average Bonchev–Trinajstić information content (AvgIpc) is 3.40. The van der Waals surface area contributed by atoms with E-state index in [1.807, 2.05) is 58.4 Å². The second-order valence-electron chi connectivity index (χ2n) is 9.97. The van der Waals surface area contributed by atoms with Crippen molar-refractivity contribution in [2.75, 3.05) is 39.3 Å². The molecule has 1 aromatic heterocycles. The van der Waals surface area contributed by atoms with Crippen molar-refractivity contribution in [2.45, 2.75) is 38.8 Å². The van der Waals surface area contributed by atoms with Crippen molar-refractivity contribution in [3.63, 3.8) is 0 Å². The minimum Gasteiger partial charge on any atom is -0.484 e. The molecule has 194 valence electrons. The highest BCUT2D eigenvalue weighted by Gasteiger charge is 2.33. The fourth-order valence-corrected chi connectivity index (χ4v) is 6.47. The SMILES string of the molecule is Cc1ccccc1[C@@H]1c2ccsc2CCN1CCC(=O)N1CCN(C(=O)COc2ccccc2)[C@H](C)C1. The topological polar surface area (TPSA) is 53.1 Å². The summed E-state index contributed by atoms with van der Waals surface area (Å²) in [6.45, 7) is 7.55. The maximum absolute atomic E-state index is 13.3. The van der Waals surface area contributed by atoms with E-state index < -0.39 is 0 Å². The summed E-state index contributed by atoms with van der Waals surface area (Å²) in [6, 6.07) is 20.4. The predicted octanol–water partition coefficient (Wildman–Crippen LogP) is 4.53. The van der Waals surface area contributed by atoms with Crippen LogP contribution in [0.4, 0.5) is 0 Å². The van der Waals surface area contributed by atoms with Crippen molar-refractivity contribution >= 4 is 23.2 Å². The first kappa shape index (κ1) is 25.5. The Bertz CT molecular complexity index is 1230. The number of hydrogen-bond donors (Lipinski definition) is 0. The summed E-state index contributed by atoms with van der Waals surface area (Å²) >= 11 is 1.84. The van der Waals surface area contributed by atoms with Crippen LogP contribution in [0.2, 0.25) is 0 Å². The monoisotopic (exact) mass is 517 g/mol. The highest BCUT2D eigenvalue weighted by molar-refractivity contribution is 7.10. The Balaban J connectivity index is 1.17. The lowest BCUT2D eigenvalue weighted by molar-refractivity contribution is -0.144. The van der Waals surface area contributed by atoms with Crippen LogP contribution in [0, 0.1) is 6.92 Å². The number of ether oxygens (including phenoxy) is 1. The molecule has 2 aliphatic rings. The highest BCUT2D eigenvalue weighted by atomic mass is 32.1. The molecule has 7 heteroatoms. The number of aryl methyl sites for hydroxylation is 1. The van der Waals surface area contributed by atoms with Crippen LogP contribution in [0.25, 0.3) is 0 Å². The lowest BCUT2D eigenvalue weighted by atomic mass is 9.90. The summed E-state index contributed by atoms with van der Waals surface area (Å²) < 4.78 is 5.65. The van der Waals surface area contributed by atoms with E-state index in [2.05, 4.69) is 47.5 Å². The van der Waals surface area contributed by atoms with Gasteiger partial charge in [-0.2, -0.15) is 0 Å². The van der Waals surface area contributed by atoms with Crippen LogP contribution >= 0.6 is 11.3 Å². The summed E-state index contributed by atoms with van der Waals surface area (Å²) in [5.41, 5.74) is 4.00. The predicted molar refractivity (Wildman–Crippen MR) is 147 cm³/mol. The quantitative estimate of drug-likeness (QED) is 0.462. The smallest absolute Gasteiger partial charge is 0.260 e. The van der Waals surface area contributed by atoms with Crippen molar-refractivity contribution < 1.29 is 14.3 Å². The molecule has 5 rings (SSSR count). The molecule has 3 heterocycles. The highest BCUT2D eigenvalue weighted by Crippen LogP contribution is 2.38. The lowest BCUT2D eigenvalue weighted by Gasteiger charge is -2.41. The normalized spacial score (nSPS) is 19.9. The summed E-state index contributed by atoms with van der Waals surface area (Å²) in [5, 5.41) is 2.19. The zero-order valence-corrected chi connectivity index (χ0v) is 22.5. The van der Waals surface area contributed by atoms with Crippen molar-refractivity contribution in [2.24, 2.45) is 0 Å². The zero-order valence-electron chi connectivity index (χ0n) is 21.6. The van der Waals surface area contributed by atoms with Gasteiger partial charge in [0.25, 0.3) is 5.91 Å². The number of piperazine rings is 1. The van der Waals surface area contributed by atoms with Crippen LogP contribution in [0.3, 0.4) is 0 Å². The molecule has 0 spiro atoms. The Hall–Kier alpha value is -3.16. The van der Waals surface area contributed by atoms with E-state index in [0.717, 1.165) is 19.5 Å². The van der Waals surface area contributed by atoms with Gasteiger partial charge < -0.3 is 14.5 Å². The molecule has 0 saturated carbocycles. The Kier molecular flexibility index (Phi) is 7.91. The standard InChI is InChI=1S/C30H35N3O3S/c1-22-8-6-7-11-25(22)30-26-14-19-37-27(26)12-15-31(30)16-13-28(34)32-17-18-33(23(2)20-32)29(35)21-36-24-9-4-3-5-10-24/h3-11,14,19,23,30H,12-13,15-18,20-21H2,1-2H3/t23-,30-/m1/s1. The first-order valence-corrected chi connectivity index (χ1v) is 14.0. The minimum atomic E-state index is -0.0376. The molecule has 3 aromatic rings. The van der Waals surface area contributed by atoms with Crippen molar-refractivity contribution in [1.29, 1.82) is 0 Å². The number of fused-ring (bicyclic) bond motifs is 1. The number of carbonyl (C=O) groups is 2. The molecule has 2 aromatic carbocycles. The molecule has 0 N–H and O–H groups in total. The Labute approximate surface area is 223 Å². The van der Waals surface area contributed by atoms with E-state index in [9.17, 15) is 9.59 Å². The zero-order chi connectivity index (χ0) is 25.8. The first-order chi connectivity index (χ1) is 18.0. The fourth-order valence-electron chi connectivity index (χ4n) is 5.56. The number of nitrogens with zero attached hydrogens (tertiary/aromatic N) is 3. The largest absolute Gasteiger partial charge is 0.484 e. The van der Waals surface area contributed by atoms with E-state index in [1.54, 1.807) is 0 Å². The third-order valence-corrected chi connectivity index (χ3v) is 8.56. The van der Waals surface area contributed by atoms with E-state index in [1.165, 1.54) is 21.6 Å². The summed E-state index contributed by atoms with van der Waals surface area (Å²) in [6.07, 6.45) is 1.52. The van der Waals surface area contributed by atoms with E-state index in [0.29, 0.717) is 31.8 Å². The van der Waals surface area contributed by atoms with Gasteiger partial charge >= 0.3 is 0 Å². The number of para-hydroxylation sites is 1. The van der Waals surface area contributed by atoms with E-state index in [-0.39, 0.29) is 30.5 Å². The lowest BCUT2D eigenvalue weighted by Crippen LogP contribution is -2.56. The number of thiophene rings is 1. The number of benzene rings is 2. The fraction of sp³-hybridized carbons (Fsp3) is 0.400. The Morgan fingerprint density at radius 1 is 0.946 bits per heavy atom. The molecule has 2 atom stereocenters. The van der Waals surface area contributed by atoms with Gasteiger partial charge in [0, 0.05) is 50.1 Å². The number of amides is 2. The van der Waals surface area contributed by atoms with Gasteiger partial charge in [-0.1, -0.05) is 42.5 Å². The third-order valence-electron chi connectivity index (χ3n) is 7.57. The van der Waals surface area contributed by atoms with Crippen LogP contribution in [0.5, 0.6) is 5.75 Å². The summed E-state index contributed by atoms with van der Waals surface area (Å²) in [7, 11) is 0. The van der Waals surface area contributed by atoms with Gasteiger partial charge in [-0.15, -0.1) is 11.3 Å². The molecule has 6 nitrogen and oxygen atoms in total. The molecular formula is C30H35N3O3S. The molecule has 0 radical (unpaired) electrons. The Morgan fingerprint density at radius 2 is 1.73 bits per heavy atom. The molecule has 0 aliphatic carbocycles. The molecule has 37 heavy (non-hydrogen) atoms. The van der Waals surface area contributed by atoms with Gasteiger partial charge in [0.2, 0.25) is 5.91 Å². The molecule has 0 bridgehead atoms. The van der Waals surface area contributed by atoms with Crippen LogP contribution in [0.15, 0.2) is 66.0 Å². The van der Waals surface area contributed by atoms with Crippen molar-refractivity contribution in [3.8, 4) is 5.75 Å². The minimum absolute atomic E-state index is 0.0160. The number of hydrogen-bond acceptors (Lipinski definition) is 5. The van der Waals surface area contributed by atoms with Crippen LogP contribution in [-0.2, 0) is 16.0 Å². The second kappa shape index (κ2) is 11.5. The average molecular weight is 518 g/mol. The van der Waals surface area contributed by atoms with Gasteiger partial charge in [0.1, 0.15) is 5.75 Å². The van der Waals surface area contributed by atoms with Gasteiger partial charge in [-0.25, -0.2) is 0 Å².